The molecule has 1 saturated heterocycles. The van der Waals surface area contributed by atoms with Gasteiger partial charge in [-0.15, -0.1) is 0 Å². The molecule has 0 unspecified atom stereocenters. The van der Waals surface area contributed by atoms with E-state index in [2.05, 4.69) is 16.8 Å². The largest absolute Gasteiger partial charge is 0.341 e. The molecule has 2 heterocycles. The molecule has 4 nitrogen and oxygen atoms in total. The molecule has 1 aromatic heterocycles. The zero-order chi connectivity index (χ0) is 12.5. The van der Waals surface area contributed by atoms with Gasteiger partial charge in [-0.1, -0.05) is 6.92 Å². The molecular formula is C14H22N4. The number of aromatic nitrogens is 2. The van der Waals surface area contributed by atoms with Crippen molar-refractivity contribution in [3.63, 3.8) is 0 Å². The number of piperidine rings is 1. The average molecular weight is 246 g/mol. The van der Waals surface area contributed by atoms with Gasteiger partial charge in [-0.05, 0) is 37.7 Å². The van der Waals surface area contributed by atoms with Gasteiger partial charge in [-0.25, -0.2) is 9.97 Å². The van der Waals surface area contributed by atoms with Gasteiger partial charge in [0.1, 0.15) is 0 Å². The Balaban J connectivity index is 1.81. The second-order valence-corrected chi connectivity index (χ2v) is 5.53. The SMILES string of the molecule is CCc1cnc(N2CCC(N)CC2)nc1C1CC1. The lowest BCUT2D eigenvalue weighted by Crippen LogP contribution is -2.40. The van der Waals surface area contributed by atoms with Crippen LogP contribution in [0.25, 0.3) is 0 Å². The van der Waals surface area contributed by atoms with Crippen molar-refractivity contribution in [3.8, 4) is 0 Å². The van der Waals surface area contributed by atoms with Crippen LogP contribution in [0, 0.1) is 0 Å². The van der Waals surface area contributed by atoms with Crippen molar-refractivity contribution >= 4 is 5.95 Å². The van der Waals surface area contributed by atoms with E-state index in [0.717, 1.165) is 38.3 Å². The first-order chi connectivity index (χ1) is 8.78. The van der Waals surface area contributed by atoms with Crippen LogP contribution in [0.2, 0.25) is 0 Å². The first kappa shape index (κ1) is 11.9. The van der Waals surface area contributed by atoms with Crippen molar-refractivity contribution in [2.45, 2.75) is 51.0 Å². The Hall–Kier alpha value is -1.16. The highest BCUT2D eigenvalue weighted by atomic mass is 15.3. The zero-order valence-corrected chi connectivity index (χ0v) is 11.1. The summed E-state index contributed by atoms with van der Waals surface area (Å²) in [6.45, 7) is 4.18. The van der Waals surface area contributed by atoms with Crippen LogP contribution in [0.3, 0.4) is 0 Å². The van der Waals surface area contributed by atoms with Crippen LogP contribution in [-0.4, -0.2) is 29.1 Å². The van der Waals surface area contributed by atoms with Crippen LogP contribution < -0.4 is 10.6 Å². The van der Waals surface area contributed by atoms with E-state index in [0.29, 0.717) is 12.0 Å². The van der Waals surface area contributed by atoms with E-state index >= 15 is 0 Å². The van der Waals surface area contributed by atoms with E-state index in [1.807, 2.05) is 6.20 Å². The smallest absolute Gasteiger partial charge is 0.225 e. The molecule has 2 fully saturated rings. The molecule has 2 N–H and O–H groups in total. The summed E-state index contributed by atoms with van der Waals surface area (Å²) in [6, 6.07) is 0.360. The molecule has 0 bridgehead atoms. The van der Waals surface area contributed by atoms with Gasteiger partial charge >= 0.3 is 0 Å². The van der Waals surface area contributed by atoms with Crippen LogP contribution in [0.1, 0.15) is 49.8 Å². The average Bonchev–Trinajstić information content (AvgIpc) is 3.23. The number of anilines is 1. The molecule has 1 saturated carbocycles. The summed E-state index contributed by atoms with van der Waals surface area (Å²) in [5.74, 6) is 1.62. The highest BCUT2D eigenvalue weighted by molar-refractivity contribution is 5.36. The Morgan fingerprint density at radius 1 is 1.28 bits per heavy atom. The lowest BCUT2D eigenvalue weighted by Gasteiger charge is -2.30. The predicted octanol–water partition coefficient (Wildman–Crippen LogP) is 1.84. The Morgan fingerprint density at radius 3 is 2.61 bits per heavy atom. The Bertz CT molecular complexity index is 420. The van der Waals surface area contributed by atoms with Gasteiger partial charge in [-0.2, -0.15) is 0 Å². The highest BCUT2D eigenvalue weighted by Crippen LogP contribution is 2.41. The predicted molar refractivity (Wildman–Crippen MR) is 72.8 cm³/mol. The number of rotatable bonds is 3. The fourth-order valence-corrected chi connectivity index (χ4v) is 2.64. The number of hydrogen-bond donors (Lipinski definition) is 1. The lowest BCUT2D eigenvalue weighted by atomic mass is 10.1. The summed E-state index contributed by atoms with van der Waals surface area (Å²) in [5, 5.41) is 0. The zero-order valence-electron chi connectivity index (χ0n) is 11.1. The Kier molecular flexibility index (Phi) is 3.20. The van der Waals surface area contributed by atoms with Gasteiger partial charge in [-0.3, -0.25) is 0 Å². The number of nitrogens with two attached hydrogens (primary N) is 1. The molecule has 18 heavy (non-hydrogen) atoms. The third-order valence-electron chi connectivity index (χ3n) is 4.05. The van der Waals surface area contributed by atoms with Gasteiger partial charge in [0, 0.05) is 31.2 Å². The Morgan fingerprint density at radius 2 is 2.00 bits per heavy atom. The van der Waals surface area contributed by atoms with Gasteiger partial charge in [0.05, 0.1) is 5.69 Å². The molecule has 0 radical (unpaired) electrons. The molecule has 2 aliphatic rings. The minimum absolute atomic E-state index is 0.360. The summed E-state index contributed by atoms with van der Waals surface area (Å²) >= 11 is 0. The first-order valence-corrected chi connectivity index (χ1v) is 7.14. The van der Waals surface area contributed by atoms with E-state index in [9.17, 15) is 0 Å². The molecule has 4 heteroatoms. The number of nitrogens with zero attached hydrogens (tertiary/aromatic N) is 3. The second-order valence-electron chi connectivity index (χ2n) is 5.53. The summed E-state index contributed by atoms with van der Waals surface area (Å²) < 4.78 is 0. The molecule has 0 spiro atoms. The lowest BCUT2D eigenvalue weighted by molar-refractivity contribution is 0.495. The van der Waals surface area contributed by atoms with Crippen molar-refractivity contribution in [2.24, 2.45) is 5.73 Å². The van der Waals surface area contributed by atoms with Crippen molar-refractivity contribution in [1.29, 1.82) is 0 Å². The summed E-state index contributed by atoms with van der Waals surface area (Å²) in [6.07, 6.45) is 7.78. The fraction of sp³-hybridized carbons (Fsp3) is 0.714. The molecule has 3 rings (SSSR count). The minimum atomic E-state index is 0.360. The van der Waals surface area contributed by atoms with Crippen LogP contribution in [-0.2, 0) is 6.42 Å². The van der Waals surface area contributed by atoms with Gasteiger partial charge in [0.25, 0.3) is 0 Å². The van der Waals surface area contributed by atoms with Crippen molar-refractivity contribution in [3.05, 3.63) is 17.5 Å². The van der Waals surface area contributed by atoms with Gasteiger partial charge in [0.2, 0.25) is 5.95 Å². The van der Waals surface area contributed by atoms with Crippen LogP contribution in [0.5, 0.6) is 0 Å². The maximum absolute atomic E-state index is 5.94. The molecule has 1 aliphatic carbocycles. The molecule has 0 atom stereocenters. The molecule has 1 aliphatic heterocycles. The molecule has 1 aromatic rings. The maximum atomic E-state index is 5.94. The monoisotopic (exact) mass is 246 g/mol. The van der Waals surface area contributed by atoms with Gasteiger partial charge in [0.15, 0.2) is 0 Å². The van der Waals surface area contributed by atoms with Gasteiger partial charge < -0.3 is 10.6 Å². The van der Waals surface area contributed by atoms with Crippen molar-refractivity contribution in [2.75, 3.05) is 18.0 Å². The maximum Gasteiger partial charge on any atom is 0.225 e. The normalized spacial score (nSPS) is 21.3. The van der Waals surface area contributed by atoms with E-state index in [-0.39, 0.29) is 0 Å². The second kappa shape index (κ2) is 4.84. The van der Waals surface area contributed by atoms with E-state index < -0.39 is 0 Å². The molecule has 98 valence electrons. The third-order valence-corrected chi connectivity index (χ3v) is 4.05. The molecule has 0 amide bonds. The summed E-state index contributed by atoms with van der Waals surface area (Å²) in [5.41, 5.74) is 8.57. The third kappa shape index (κ3) is 2.34. The standard InChI is InChI=1S/C14H22N4/c1-2-10-9-16-14(17-13(10)11-3-4-11)18-7-5-12(15)6-8-18/h9,11-12H,2-8,15H2,1H3. The topological polar surface area (TPSA) is 55.0 Å². The van der Waals surface area contributed by atoms with Crippen molar-refractivity contribution < 1.29 is 0 Å². The summed E-state index contributed by atoms with van der Waals surface area (Å²) in [7, 11) is 0. The number of aryl methyl sites for hydroxylation is 1. The molecular weight excluding hydrogens is 224 g/mol. The summed E-state index contributed by atoms with van der Waals surface area (Å²) in [4.78, 5) is 11.7. The van der Waals surface area contributed by atoms with E-state index in [1.165, 1.54) is 24.1 Å². The van der Waals surface area contributed by atoms with Crippen LogP contribution in [0.4, 0.5) is 5.95 Å². The fourth-order valence-electron chi connectivity index (χ4n) is 2.64. The number of hydrogen-bond acceptors (Lipinski definition) is 4. The molecule has 0 aromatic carbocycles. The van der Waals surface area contributed by atoms with Crippen LogP contribution in [0.15, 0.2) is 6.20 Å². The Labute approximate surface area is 109 Å². The van der Waals surface area contributed by atoms with Crippen LogP contribution >= 0.6 is 0 Å². The van der Waals surface area contributed by atoms with E-state index in [4.69, 9.17) is 10.7 Å². The quantitative estimate of drug-likeness (QED) is 0.884. The van der Waals surface area contributed by atoms with Crippen molar-refractivity contribution in [1.82, 2.24) is 9.97 Å². The highest BCUT2D eigenvalue weighted by Gasteiger charge is 2.28. The minimum Gasteiger partial charge on any atom is -0.341 e. The first-order valence-electron chi connectivity index (χ1n) is 7.14. The van der Waals surface area contributed by atoms with E-state index in [1.54, 1.807) is 0 Å².